The van der Waals surface area contributed by atoms with Gasteiger partial charge < -0.3 is 30.1 Å². The number of nitrogens with one attached hydrogen (secondary N) is 1. The van der Waals surface area contributed by atoms with Gasteiger partial charge in [-0.15, -0.1) is 0 Å². The molecule has 1 rings (SSSR count). The highest BCUT2D eigenvalue weighted by molar-refractivity contribution is 4.84. The third kappa shape index (κ3) is 3.97. The second kappa shape index (κ2) is 7.16. The zero-order valence-corrected chi connectivity index (χ0v) is 9.50. The minimum absolute atomic E-state index is 0.129. The van der Waals surface area contributed by atoms with Crippen molar-refractivity contribution < 1.29 is 24.8 Å². The lowest BCUT2D eigenvalue weighted by atomic mass is 10.0. The van der Waals surface area contributed by atoms with Crippen LogP contribution in [-0.4, -0.2) is 66.7 Å². The third-order valence-corrected chi connectivity index (χ3v) is 2.66. The molecule has 96 valence electrons. The van der Waals surface area contributed by atoms with Gasteiger partial charge in [0.05, 0.1) is 6.10 Å². The van der Waals surface area contributed by atoms with E-state index in [0.717, 1.165) is 0 Å². The van der Waals surface area contributed by atoms with Gasteiger partial charge in [-0.25, -0.2) is 0 Å². The summed E-state index contributed by atoms with van der Waals surface area (Å²) in [6, 6.07) is 0. The van der Waals surface area contributed by atoms with Gasteiger partial charge in [0.2, 0.25) is 0 Å². The minimum atomic E-state index is -0.895. The molecule has 2 unspecified atom stereocenters. The van der Waals surface area contributed by atoms with Crippen molar-refractivity contribution in [2.24, 2.45) is 0 Å². The molecule has 4 N–H and O–H groups in total. The van der Waals surface area contributed by atoms with Crippen molar-refractivity contribution in [1.29, 1.82) is 0 Å². The molecule has 6 nitrogen and oxygen atoms in total. The average Bonchev–Trinajstić information content (AvgIpc) is 2.29. The predicted molar refractivity (Wildman–Crippen MR) is 56.9 cm³/mol. The van der Waals surface area contributed by atoms with Crippen molar-refractivity contribution in [3.05, 3.63) is 0 Å². The molecule has 0 spiro atoms. The van der Waals surface area contributed by atoms with Crippen molar-refractivity contribution in [3.63, 3.8) is 0 Å². The van der Waals surface area contributed by atoms with Crippen LogP contribution in [0.15, 0.2) is 0 Å². The Balaban J connectivity index is 2.31. The average molecular weight is 235 g/mol. The van der Waals surface area contributed by atoms with E-state index in [4.69, 9.17) is 14.6 Å². The minimum Gasteiger partial charge on any atom is -0.396 e. The first-order valence-corrected chi connectivity index (χ1v) is 5.55. The molecule has 6 heteroatoms. The largest absolute Gasteiger partial charge is 0.396 e. The summed E-state index contributed by atoms with van der Waals surface area (Å²) in [4.78, 5) is 0. The van der Waals surface area contributed by atoms with E-state index in [-0.39, 0.29) is 13.0 Å². The van der Waals surface area contributed by atoms with Crippen molar-refractivity contribution in [3.8, 4) is 0 Å². The van der Waals surface area contributed by atoms with Crippen molar-refractivity contribution >= 4 is 0 Å². The lowest BCUT2D eigenvalue weighted by Gasteiger charge is -2.36. The van der Waals surface area contributed by atoms with Gasteiger partial charge >= 0.3 is 0 Å². The van der Waals surface area contributed by atoms with Gasteiger partial charge in [0.15, 0.2) is 6.29 Å². The van der Waals surface area contributed by atoms with Crippen LogP contribution in [0.4, 0.5) is 0 Å². The van der Waals surface area contributed by atoms with Crippen LogP contribution >= 0.6 is 0 Å². The summed E-state index contributed by atoms with van der Waals surface area (Å²) in [7, 11) is 1.51. The highest BCUT2D eigenvalue weighted by atomic mass is 16.7. The molecule has 0 aliphatic carbocycles. The fourth-order valence-electron chi connectivity index (χ4n) is 1.68. The van der Waals surface area contributed by atoms with Crippen LogP contribution in [0.1, 0.15) is 12.8 Å². The summed E-state index contributed by atoms with van der Waals surface area (Å²) in [5.74, 6) is 0. The smallest absolute Gasteiger partial charge is 0.160 e. The molecule has 0 aromatic rings. The Morgan fingerprint density at radius 3 is 2.81 bits per heavy atom. The molecule has 1 saturated heterocycles. The molecular weight excluding hydrogens is 214 g/mol. The summed E-state index contributed by atoms with van der Waals surface area (Å²) < 4.78 is 10.4. The Hall–Kier alpha value is -0.240. The van der Waals surface area contributed by atoms with Gasteiger partial charge in [-0.3, -0.25) is 0 Å². The van der Waals surface area contributed by atoms with E-state index in [2.05, 4.69) is 5.32 Å². The quantitative estimate of drug-likeness (QED) is 0.416. The second-order valence-corrected chi connectivity index (χ2v) is 3.91. The summed E-state index contributed by atoms with van der Waals surface area (Å²) in [5, 5.41) is 30.9. The van der Waals surface area contributed by atoms with Gasteiger partial charge in [0, 0.05) is 26.7 Å². The van der Waals surface area contributed by atoms with Gasteiger partial charge in [-0.1, -0.05) is 0 Å². The monoisotopic (exact) mass is 235 g/mol. The van der Waals surface area contributed by atoms with E-state index in [0.29, 0.717) is 19.5 Å². The van der Waals surface area contributed by atoms with E-state index in [1.54, 1.807) is 0 Å². The Labute approximate surface area is 95.2 Å². The zero-order chi connectivity index (χ0) is 12.0. The SMILES string of the molecule is CO[C@@H]1CC(O)[C@H](O)C(CNCCCO)O1. The lowest BCUT2D eigenvalue weighted by Crippen LogP contribution is -2.52. The van der Waals surface area contributed by atoms with Gasteiger partial charge in [0.25, 0.3) is 0 Å². The second-order valence-electron chi connectivity index (χ2n) is 3.91. The molecular formula is C10H21NO5. The van der Waals surface area contributed by atoms with Gasteiger partial charge in [-0.2, -0.15) is 0 Å². The van der Waals surface area contributed by atoms with Crippen molar-refractivity contribution in [2.45, 2.75) is 37.4 Å². The molecule has 0 bridgehead atoms. The van der Waals surface area contributed by atoms with E-state index >= 15 is 0 Å². The Morgan fingerprint density at radius 1 is 1.44 bits per heavy atom. The Bertz CT molecular complexity index is 192. The molecule has 1 aliphatic rings. The first-order valence-electron chi connectivity index (χ1n) is 5.55. The highest BCUT2D eigenvalue weighted by Gasteiger charge is 2.36. The third-order valence-electron chi connectivity index (χ3n) is 2.66. The van der Waals surface area contributed by atoms with E-state index < -0.39 is 24.6 Å². The number of rotatable bonds is 6. The van der Waals surface area contributed by atoms with E-state index in [9.17, 15) is 10.2 Å². The zero-order valence-electron chi connectivity index (χ0n) is 9.50. The fourth-order valence-corrected chi connectivity index (χ4v) is 1.68. The molecule has 0 amide bonds. The molecule has 0 radical (unpaired) electrons. The molecule has 1 heterocycles. The van der Waals surface area contributed by atoms with Crippen LogP contribution in [0, 0.1) is 0 Å². The molecule has 4 atom stereocenters. The van der Waals surface area contributed by atoms with Crippen molar-refractivity contribution in [1.82, 2.24) is 5.32 Å². The predicted octanol–water partition coefficient (Wildman–Crippen LogP) is -1.56. The number of hydrogen-bond acceptors (Lipinski definition) is 6. The maximum absolute atomic E-state index is 9.69. The maximum Gasteiger partial charge on any atom is 0.160 e. The Morgan fingerprint density at radius 2 is 2.19 bits per heavy atom. The van der Waals surface area contributed by atoms with E-state index in [1.807, 2.05) is 0 Å². The Kier molecular flexibility index (Phi) is 6.18. The molecule has 0 aromatic carbocycles. The molecule has 0 aromatic heterocycles. The number of aliphatic hydroxyl groups excluding tert-OH is 3. The van der Waals surface area contributed by atoms with Crippen molar-refractivity contribution in [2.75, 3.05) is 26.8 Å². The number of hydrogen-bond donors (Lipinski definition) is 4. The van der Waals surface area contributed by atoms with Gasteiger partial charge in [0.1, 0.15) is 12.2 Å². The summed E-state index contributed by atoms with van der Waals surface area (Å²) in [6.07, 6.45) is -1.73. The fraction of sp³-hybridized carbons (Fsp3) is 1.00. The molecule has 0 saturated carbocycles. The number of aliphatic hydroxyl groups is 3. The van der Waals surface area contributed by atoms with Crippen LogP contribution in [0.5, 0.6) is 0 Å². The topological polar surface area (TPSA) is 91.2 Å². The summed E-state index contributed by atoms with van der Waals surface area (Å²) in [5.41, 5.74) is 0. The number of methoxy groups -OCH3 is 1. The summed E-state index contributed by atoms with van der Waals surface area (Å²) >= 11 is 0. The summed E-state index contributed by atoms with van der Waals surface area (Å²) in [6.45, 7) is 1.21. The lowest BCUT2D eigenvalue weighted by molar-refractivity contribution is -0.240. The number of ether oxygens (including phenoxy) is 2. The van der Waals surface area contributed by atoms with Crippen LogP contribution in [0.25, 0.3) is 0 Å². The van der Waals surface area contributed by atoms with E-state index in [1.165, 1.54) is 7.11 Å². The molecule has 1 fully saturated rings. The standard InChI is InChI=1S/C10H21NO5/c1-15-9-5-7(13)10(14)8(16-9)6-11-3-2-4-12/h7-14H,2-6H2,1H3/t7?,8?,9-,10-/m0/s1. The molecule has 16 heavy (non-hydrogen) atoms. The van der Waals surface area contributed by atoms with Gasteiger partial charge in [-0.05, 0) is 13.0 Å². The normalized spacial score (nSPS) is 35.2. The highest BCUT2D eigenvalue weighted by Crippen LogP contribution is 2.20. The van der Waals surface area contributed by atoms with Crippen LogP contribution in [0.2, 0.25) is 0 Å². The first-order chi connectivity index (χ1) is 7.69. The van der Waals surface area contributed by atoms with Crippen LogP contribution < -0.4 is 5.32 Å². The first kappa shape index (κ1) is 13.8. The van der Waals surface area contributed by atoms with Crippen LogP contribution in [-0.2, 0) is 9.47 Å². The molecule has 1 aliphatic heterocycles. The maximum atomic E-state index is 9.69. The van der Waals surface area contributed by atoms with Crippen LogP contribution in [0.3, 0.4) is 0 Å².